The van der Waals surface area contributed by atoms with E-state index >= 15 is 0 Å². The van der Waals surface area contributed by atoms with E-state index < -0.39 is 0 Å². The van der Waals surface area contributed by atoms with E-state index in [-0.39, 0.29) is 5.41 Å². The van der Waals surface area contributed by atoms with Crippen molar-refractivity contribution in [3.63, 3.8) is 0 Å². The topological polar surface area (TPSA) is 15.3 Å². The van der Waals surface area contributed by atoms with Gasteiger partial charge in [-0.3, -0.25) is 0 Å². The Balaban J connectivity index is 2.31. The normalized spacial score (nSPS) is 20.2. The first kappa shape index (κ1) is 13.2. The predicted molar refractivity (Wildman–Crippen MR) is 78.9 cm³/mol. The summed E-state index contributed by atoms with van der Waals surface area (Å²) >= 11 is 0. The van der Waals surface area contributed by atoms with E-state index in [1.54, 1.807) is 0 Å². The lowest BCUT2D eigenvalue weighted by Crippen LogP contribution is -2.46. The van der Waals surface area contributed by atoms with Gasteiger partial charge in [0.25, 0.3) is 0 Å². The van der Waals surface area contributed by atoms with Crippen LogP contribution in [0.5, 0.6) is 0 Å². The number of nitrogens with one attached hydrogen (secondary N) is 1. The van der Waals surface area contributed by atoms with Crippen LogP contribution < -0.4 is 10.2 Å². The summed E-state index contributed by atoms with van der Waals surface area (Å²) in [5, 5.41) is 3.69. The Hall–Kier alpha value is -1.28. The second-order valence-electron chi connectivity index (χ2n) is 6.12. The lowest BCUT2D eigenvalue weighted by atomic mass is 9.86. The third-order valence-corrected chi connectivity index (χ3v) is 3.67. The van der Waals surface area contributed by atoms with Crippen LogP contribution >= 0.6 is 0 Å². The maximum atomic E-state index is 3.88. The lowest BCUT2D eigenvalue weighted by Gasteiger charge is -2.34. The van der Waals surface area contributed by atoms with Gasteiger partial charge >= 0.3 is 0 Å². The SMILES string of the molecule is C=CCN1CC(C(C)(C)C)NCc2ccccc21. The minimum atomic E-state index is 0.265. The number of anilines is 1. The summed E-state index contributed by atoms with van der Waals surface area (Å²) in [4.78, 5) is 2.43. The second-order valence-corrected chi connectivity index (χ2v) is 6.12. The van der Waals surface area contributed by atoms with Crippen LogP contribution in [0.25, 0.3) is 0 Å². The molecule has 1 atom stereocenters. The summed E-state index contributed by atoms with van der Waals surface area (Å²) < 4.78 is 0. The number of hydrogen-bond acceptors (Lipinski definition) is 2. The molecule has 1 unspecified atom stereocenters. The maximum absolute atomic E-state index is 3.88. The molecule has 1 aromatic carbocycles. The van der Waals surface area contributed by atoms with E-state index in [1.165, 1.54) is 11.3 Å². The summed E-state index contributed by atoms with van der Waals surface area (Å²) in [5.74, 6) is 0. The van der Waals surface area contributed by atoms with Gasteiger partial charge in [0.05, 0.1) is 0 Å². The first-order chi connectivity index (χ1) is 8.52. The molecule has 0 fully saturated rings. The Morgan fingerprint density at radius 3 is 2.78 bits per heavy atom. The fourth-order valence-corrected chi connectivity index (χ4v) is 2.49. The third-order valence-electron chi connectivity index (χ3n) is 3.67. The number of hydrogen-bond donors (Lipinski definition) is 1. The Kier molecular flexibility index (Phi) is 3.76. The number of fused-ring (bicyclic) bond motifs is 1. The van der Waals surface area contributed by atoms with Gasteiger partial charge in [-0.2, -0.15) is 0 Å². The molecule has 0 aromatic heterocycles. The molecule has 1 aromatic rings. The fourth-order valence-electron chi connectivity index (χ4n) is 2.49. The molecule has 0 radical (unpaired) electrons. The zero-order valence-electron chi connectivity index (χ0n) is 11.7. The summed E-state index contributed by atoms with van der Waals surface area (Å²) in [6.07, 6.45) is 1.99. The van der Waals surface area contributed by atoms with Crippen molar-refractivity contribution in [3.8, 4) is 0 Å². The van der Waals surface area contributed by atoms with Crippen molar-refractivity contribution in [2.24, 2.45) is 5.41 Å². The van der Waals surface area contributed by atoms with Crippen LogP contribution in [-0.4, -0.2) is 19.1 Å². The van der Waals surface area contributed by atoms with Crippen molar-refractivity contribution in [3.05, 3.63) is 42.5 Å². The van der Waals surface area contributed by atoms with Crippen molar-refractivity contribution < 1.29 is 0 Å². The molecule has 2 heteroatoms. The van der Waals surface area contributed by atoms with Gasteiger partial charge in [0, 0.05) is 31.4 Å². The molecule has 0 saturated heterocycles. The Bertz CT molecular complexity index is 417. The van der Waals surface area contributed by atoms with E-state index in [0.717, 1.165) is 19.6 Å². The molecular weight excluding hydrogens is 220 g/mol. The van der Waals surface area contributed by atoms with E-state index in [9.17, 15) is 0 Å². The second kappa shape index (κ2) is 5.15. The van der Waals surface area contributed by atoms with E-state index in [1.807, 2.05) is 6.08 Å². The van der Waals surface area contributed by atoms with Crippen molar-refractivity contribution in [2.75, 3.05) is 18.0 Å². The van der Waals surface area contributed by atoms with Crippen LogP contribution in [0.1, 0.15) is 26.3 Å². The van der Waals surface area contributed by atoms with Gasteiger partial charge in [0.15, 0.2) is 0 Å². The highest BCUT2D eigenvalue weighted by molar-refractivity contribution is 5.55. The van der Waals surface area contributed by atoms with Crippen LogP contribution in [0.3, 0.4) is 0 Å². The van der Waals surface area contributed by atoms with Crippen LogP contribution in [0, 0.1) is 5.41 Å². The third kappa shape index (κ3) is 2.75. The minimum Gasteiger partial charge on any atom is -0.366 e. The van der Waals surface area contributed by atoms with E-state index in [4.69, 9.17) is 0 Å². The average molecular weight is 244 g/mol. The van der Waals surface area contributed by atoms with Gasteiger partial charge in [-0.1, -0.05) is 45.0 Å². The number of benzene rings is 1. The quantitative estimate of drug-likeness (QED) is 0.804. The highest BCUT2D eigenvalue weighted by atomic mass is 15.2. The molecule has 1 heterocycles. The zero-order valence-corrected chi connectivity index (χ0v) is 11.7. The van der Waals surface area contributed by atoms with Crippen molar-refractivity contribution in [1.29, 1.82) is 0 Å². The van der Waals surface area contributed by atoms with Crippen LogP contribution in [-0.2, 0) is 6.54 Å². The predicted octanol–water partition coefficient (Wildman–Crippen LogP) is 3.20. The van der Waals surface area contributed by atoms with Gasteiger partial charge in [-0.15, -0.1) is 6.58 Å². The molecule has 2 rings (SSSR count). The highest BCUT2D eigenvalue weighted by Crippen LogP contribution is 2.28. The summed E-state index contributed by atoms with van der Waals surface area (Å²) in [6, 6.07) is 9.15. The molecule has 0 aliphatic carbocycles. The largest absolute Gasteiger partial charge is 0.366 e. The molecule has 18 heavy (non-hydrogen) atoms. The smallest absolute Gasteiger partial charge is 0.0415 e. The van der Waals surface area contributed by atoms with Gasteiger partial charge in [-0.25, -0.2) is 0 Å². The number of nitrogens with zero attached hydrogens (tertiary/aromatic N) is 1. The summed E-state index contributed by atoms with van der Waals surface area (Å²) in [7, 11) is 0. The van der Waals surface area contributed by atoms with Gasteiger partial charge < -0.3 is 10.2 Å². The van der Waals surface area contributed by atoms with Crippen LogP contribution in [0.15, 0.2) is 36.9 Å². The van der Waals surface area contributed by atoms with Gasteiger partial charge in [-0.05, 0) is 17.0 Å². The fraction of sp³-hybridized carbons (Fsp3) is 0.500. The van der Waals surface area contributed by atoms with Gasteiger partial charge in [0.2, 0.25) is 0 Å². The first-order valence-corrected chi connectivity index (χ1v) is 6.69. The molecule has 0 bridgehead atoms. The Morgan fingerprint density at radius 1 is 1.39 bits per heavy atom. The molecule has 1 N–H and O–H groups in total. The van der Waals surface area contributed by atoms with Crippen molar-refractivity contribution in [2.45, 2.75) is 33.4 Å². The molecule has 98 valence electrons. The van der Waals surface area contributed by atoms with Crippen molar-refractivity contribution >= 4 is 5.69 Å². The first-order valence-electron chi connectivity index (χ1n) is 6.69. The Morgan fingerprint density at radius 2 is 2.11 bits per heavy atom. The van der Waals surface area contributed by atoms with E-state index in [2.05, 4.69) is 61.8 Å². The van der Waals surface area contributed by atoms with Crippen LogP contribution in [0.2, 0.25) is 0 Å². The van der Waals surface area contributed by atoms with Crippen LogP contribution in [0.4, 0.5) is 5.69 Å². The number of rotatable bonds is 2. The van der Waals surface area contributed by atoms with Crippen molar-refractivity contribution in [1.82, 2.24) is 5.32 Å². The highest BCUT2D eigenvalue weighted by Gasteiger charge is 2.29. The summed E-state index contributed by atoms with van der Waals surface area (Å²) in [5.41, 5.74) is 2.99. The molecule has 0 spiro atoms. The lowest BCUT2D eigenvalue weighted by molar-refractivity contribution is 0.273. The molecule has 0 amide bonds. The standard InChI is InChI=1S/C16H24N2/c1-5-10-18-12-15(16(2,3)4)17-11-13-8-6-7-9-14(13)18/h5-9,15,17H,1,10-12H2,2-4H3. The average Bonchev–Trinajstić information content (AvgIpc) is 2.50. The maximum Gasteiger partial charge on any atom is 0.0415 e. The molecule has 2 nitrogen and oxygen atoms in total. The minimum absolute atomic E-state index is 0.265. The van der Waals surface area contributed by atoms with E-state index in [0.29, 0.717) is 6.04 Å². The number of para-hydroxylation sites is 1. The molecule has 1 aliphatic rings. The molecular formula is C16H24N2. The molecule has 0 saturated carbocycles. The summed E-state index contributed by atoms with van der Waals surface area (Å²) in [6.45, 7) is 13.7. The Labute approximate surface area is 111 Å². The monoisotopic (exact) mass is 244 g/mol. The molecule has 1 aliphatic heterocycles. The zero-order chi connectivity index (χ0) is 13.2. The van der Waals surface area contributed by atoms with Gasteiger partial charge in [0.1, 0.15) is 0 Å².